The van der Waals surface area contributed by atoms with Crippen molar-refractivity contribution >= 4 is 11.7 Å². The number of halogens is 2. The van der Waals surface area contributed by atoms with Crippen molar-refractivity contribution in [3.05, 3.63) is 29.3 Å². The zero-order valence-corrected chi connectivity index (χ0v) is 9.62. The Hall–Kier alpha value is -1.69. The largest absolute Gasteiger partial charge is 0.456 e. The van der Waals surface area contributed by atoms with Crippen LogP contribution in [-0.4, -0.2) is 25.3 Å². The molecule has 1 aliphatic heterocycles. The van der Waals surface area contributed by atoms with Gasteiger partial charge in [-0.3, -0.25) is 0 Å². The van der Waals surface area contributed by atoms with Crippen molar-refractivity contribution in [1.29, 1.82) is 0 Å². The number of hydrogen-bond acceptors (Lipinski definition) is 4. The van der Waals surface area contributed by atoms with E-state index in [1.165, 1.54) is 0 Å². The van der Waals surface area contributed by atoms with Crippen LogP contribution in [-0.2, 0) is 9.47 Å². The maximum absolute atomic E-state index is 13.5. The Bertz CT molecular complexity index is 459. The van der Waals surface area contributed by atoms with Crippen molar-refractivity contribution in [2.45, 2.75) is 18.9 Å². The van der Waals surface area contributed by atoms with Gasteiger partial charge in [-0.25, -0.2) is 13.6 Å². The Kier molecular flexibility index (Phi) is 3.76. The van der Waals surface area contributed by atoms with Gasteiger partial charge in [-0.2, -0.15) is 0 Å². The van der Waals surface area contributed by atoms with Crippen LogP contribution in [0.25, 0.3) is 0 Å². The van der Waals surface area contributed by atoms with Crippen LogP contribution in [0.15, 0.2) is 12.1 Å². The van der Waals surface area contributed by atoms with E-state index >= 15 is 0 Å². The summed E-state index contributed by atoms with van der Waals surface area (Å²) in [6, 6.07) is 1.51. The first-order chi connectivity index (χ1) is 8.58. The summed E-state index contributed by atoms with van der Waals surface area (Å²) in [4.78, 5) is 11.7. The molecule has 6 heteroatoms. The van der Waals surface area contributed by atoms with Crippen molar-refractivity contribution < 1.29 is 23.0 Å². The fourth-order valence-corrected chi connectivity index (χ4v) is 1.74. The molecule has 98 valence electrons. The quantitative estimate of drug-likeness (QED) is 0.649. The summed E-state index contributed by atoms with van der Waals surface area (Å²) in [6.45, 7) is 0.906. The minimum atomic E-state index is -0.901. The van der Waals surface area contributed by atoms with E-state index in [0.29, 0.717) is 13.0 Å². The van der Waals surface area contributed by atoms with Crippen LogP contribution in [0.2, 0.25) is 0 Å². The molecule has 1 aromatic carbocycles. The first kappa shape index (κ1) is 12.8. The average molecular weight is 257 g/mol. The lowest BCUT2D eigenvalue weighted by Crippen LogP contribution is -2.28. The van der Waals surface area contributed by atoms with Crippen molar-refractivity contribution in [2.24, 2.45) is 0 Å². The molecule has 1 saturated heterocycles. The zero-order valence-electron chi connectivity index (χ0n) is 9.62. The molecule has 1 heterocycles. The van der Waals surface area contributed by atoms with Crippen molar-refractivity contribution in [3.63, 3.8) is 0 Å². The van der Waals surface area contributed by atoms with Crippen LogP contribution in [0.4, 0.5) is 14.5 Å². The van der Waals surface area contributed by atoms with E-state index in [2.05, 4.69) is 0 Å². The van der Waals surface area contributed by atoms with Gasteiger partial charge in [0.25, 0.3) is 0 Å². The number of carbonyl (C=O) groups excluding carboxylic acids is 1. The van der Waals surface area contributed by atoms with Crippen LogP contribution < -0.4 is 5.73 Å². The Morgan fingerprint density at radius 1 is 1.39 bits per heavy atom. The van der Waals surface area contributed by atoms with Crippen LogP contribution in [0.3, 0.4) is 0 Å². The van der Waals surface area contributed by atoms with E-state index in [1.807, 2.05) is 0 Å². The molecule has 0 aliphatic carbocycles. The third kappa shape index (κ3) is 2.76. The zero-order chi connectivity index (χ0) is 13.1. The number of rotatable bonds is 2. The van der Waals surface area contributed by atoms with Crippen LogP contribution in [0.1, 0.15) is 23.2 Å². The summed E-state index contributed by atoms with van der Waals surface area (Å²) in [5, 5.41) is 0. The van der Waals surface area contributed by atoms with Crippen molar-refractivity contribution in [3.8, 4) is 0 Å². The van der Waals surface area contributed by atoms with Crippen molar-refractivity contribution in [1.82, 2.24) is 0 Å². The van der Waals surface area contributed by atoms with Crippen LogP contribution in [0, 0.1) is 11.6 Å². The van der Waals surface area contributed by atoms with Gasteiger partial charge in [0.1, 0.15) is 17.7 Å². The van der Waals surface area contributed by atoms with E-state index in [-0.39, 0.29) is 12.3 Å². The molecular formula is C12H13F2NO3. The standard InChI is InChI=1S/C12H13F2NO3/c13-9-5-11(15)10(14)4-8(9)12(16)18-7-2-1-3-17-6-7/h4-5,7H,1-3,6,15H2. The molecule has 2 N–H and O–H groups in total. The van der Waals surface area contributed by atoms with Gasteiger partial charge in [-0.1, -0.05) is 0 Å². The summed E-state index contributed by atoms with van der Waals surface area (Å²) in [7, 11) is 0. The smallest absolute Gasteiger partial charge is 0.341 e. The first-order valence-electron chi connectivity index (χ1n) is 5.61. The number of benzene rings is 1. The Balaban J connectivity index is 2.10. The maximum Gasteiger partial charge on any atom is 0.341 e. The highest BCUT2D eigenvalue weighted by Crippen LogP contribution is 2.19. The van der Waals surface area contributed by atoms with E-state index in [1.54, 1.807) is 0 Å². The topological polar surface area (TPSA) is 61.6 Å². The van der Waals surface area contributed by atoms with Gasteiger partial charge in [0.2, 0.25) is 0 Å². The van der Waals surface area contributed by atoms with Gasteiger partial charge < -0.3 is 15.2 Å². The molecule has 0 aromatic heterocycles. The number of ether oxygens (including phenoxy) is 2. The normalized spacial score (nSPS) is 19.6. The molecule has 0 amide bonds. The first-order valence-corrected chi connectivity index (χ1v) is 5.61. The van der Waals surface area contributed by atoms with E-state index < -0.39 is 29.3 Å². The minimum Gasteiger partial charge on any atom is -0.456 e. The summed E-state index contributed by atoms with van der Waals surface area (Å²) < 4.78 is 36.8. The molecule has 1 unspecified atom stereocenters. The van der Waals surface area contributed by atoms with Gasteiger partial charge >= 0.3 is 5.97 Å². The lowest BCUT2D eigenvalue weighted by molar-refractivity contribution is -0.0308. The predicted molar refractivity (Wildman–Crippen MR) is 60.0 cm³/mol. The Labute approximate surface area is 103 Å². The van der Waals surface area contributed by atoms with Crippen LogP contribution in [0.5, 0.6) is 0 Å². The lowest BCUT2D eigenvalue weighted by Gasteiger charge is -2.22. The van der Waals surface area contributed by atoms with Gasteiger partial charge in [0.15, 0.2) is 0 Å². The summed E-state index contributed by atoms with van der Waals surface area (Å²) >= 11 is 0. The molecule has 4 nitrogen and oxygen atoms in total. The SMILES string of the molecule is Nc1cc(F)c(C(=O)OC2CCCOC2)cc1F. The molecular weight excluding hydrogens is 244 g/mol. The number of hydrogen-bond donors (Lipinski definition) is 1. The fourth-order valence-electron chi connectivity index (χ4n) is 1.74. The molecule has 0 saturated carbocycles. The van der Waals surface area contributed by atoms with E-state index in [4.69, 9.17) is 15.2 Å². The average Bonchev–Trinajstić information content (AvgIpc) is 2.35. The predicted octanol–water partition coefficient (Wildman–Crippen LogP) is 1.88. The van der Waals surface area contributed by atoms with E-state index in [0.717, 1.165) is 18.6 Å². The molecule has 0 radical (unpaired) electrons. The molecule has 1 aromatic rings. The monoisotopic (exact) mass is 257 g/mol. The van der Waals surface area contributed by atoms with Crippen molar-refractivity contribution in [2.75, 3.05) is 18.9 Å². The summed E-state index contributed by atoms with van der Waals surface area (Å²) in [6.07, 6.45) is 1.02. The number of carbonyl (C=O) groups is 1. The highest BCUT2D eigenvalue weighted by molar-refractivity contribution is 5.90. The highest BCUT2D eigenvalue weighted by Gasteiger charge is 2.22. The molecule has 18 heavy (non-hydrogen) atoms. The Morgan fingerprint density at radius 2 is 2.17 bits per heavy atom. The summed E-state index contributed by atoms with van der Waals surface area (Å²) in [5.74, 6) is -2.64. The second kappa shape index (κ2) is 5.30. The molecule has 1 aliphatic rings. The molecule has 1 fully saturated rings. The Morgan fingerprint density at radius 3 is 2.83 bits per heavy atom. The minimum absolute atomic E-state index is 0.283. The number of esters is 1. The molecule has 2 rings (SSSR count). The number of nitrogens with two attached hydrogens (primary N) is 1. The van der Waals surface area contributed by atoms with Gasteiger partial charge in [-0.15, -0.1) is 0 Å². The van der Waals surface area contributed by atoms with Crippen LogP contribution >= 0.6 is 0 Å². The third-order valence-corrected chi connectivity index (χ3v) is 2.70. The molecule has 1 atom stereocenters. The number of anilines is 1. The lowest BCUT2D eigenvalue weighted by atomic mass is 10.1. The second-order valence-corrected chi connectivity index (χ2v) is 4.10. The fraction of sp³-hybridized carbons (Fsp3) is 0.417. The molecule has 0 spiro atoms. The van der Waals surface area contributed by atoms with Gasteiger partial charge in [0, 0.05) is 12.7 Å². The van der Waals surface area contributed by atoms with E-state index in [9.17, 15) is 13.6 Å². The third-order valence-electron chi connectivity index (χ3n) is 2.70. The second-order valence-electron chi connectivity index (χ2n) is 4.10. The molecule has 0 bridgehead atoms. The van der Waals surface area contributed by atoms with Gasteiger partial charge in [-0.05, 0) is 18.9 Å². The highest BCUT2D eigenvalue weighted by atomic mass is 19.1. The van der Waals surface area contributed by atoms with Gasteiger partial charge in [0.05, 0.1) is 17.9 Å². The number of nitrogen functional groups attached to an aromatic ring is 1. The maximum atomic E-state index is 13.5. The summed E-state index contributed by atoms with van der Waals surface area (Å²) in [5.41, 5.74) is 4.39.